The first kappa shape index (κ1) is 12.3. The molecule has 0 bridgehead atoms. The van der Waals surface area contributed by atoms with Crippen molar-refractivity contribution in [3.63, 3.8) is 0 Å². The molecule has 0 aromatic carbocycles. The summed E-state index contributed by atoms with van der Waals surface area (Å²) in [6.45, 7) is 6.72. The van der Waals surface area contributed by atoms with E-state index >= 15 is 0 Å². The molecule has 2 aliphatic rings. The van der Waals surface area contributed by atoms with E-state index in [1.165, 1.54) is 51.6 Å². The molecule has 0 spiro atoms. The monoisotopic (exact) mass is 226 g/mol. The van der Waals surface area contributed by atoms with Crippen molar-refractivity contribution in [2.24, 2.45) is 0 Å². The van der Waals surface area contributed by atoms with E-state index in [2.05, 4.69) is 10.2 Å². The molecule has 1 saturated heterocycles. The lowest BCUT2D eigenvalue weighted by Gasteiger charge is -2.27. The van der Waals surface area contributed by atoms with Crippen LogP contribution in [0.25, 0.3) is 0 Å². The molecule has 0 radical (unpaired) electrons. The Morgan fingerprint density at radius 2 is 1.69 bits per heavy atom. The molecular formula is C13H26N2O. The molecule has 1 heterocycles. The fourth-order valence-electron chi connectivity index (χ4n) is 2.69. The fourth-order valence-corrected chi connectivity index (χ4v) is 2.69. The van der Waals surface area contributed by atoms with Crippen molar-refractivity contribution in [2.45, 2.75) is 44.6 Å². The zero-order chi connectivity index (χ0) is 11.1. The predicted octanol–water partition coefficient (Wildman–Crippen LogP) is 1.63. The van der Waals surface area contributed by atoms with Crippen LogP contribution in [0.3, 0.4) is 0 Å². The van der Waals surface area contributed by atoms with Gasteiger partial charge >= 0.3 is 0 Å². The van der Waals surface area contributed by atoms with Gasteiger partial charge in [0.15, 0.2) is 0 Å². The Kier molecular flexibility index (Phi) is 5.59. The lowest BCUT2D eigenvalue weighted by molar-refractivity contribution is 0.0273. The Balaban J connectivity index is 1.55. The molecule has 1 N–H and O–H groups in total. The molecule has 2 rings (SSSR count). The van der Waals surface area contributed by atoms with Gasteiger partial charge in [0.05, 0.1) is 12.7 Å². The van der Waals surface area contributed by atoms with Crippen molar-refractivity contribution in [3.8, 4) is 0 Å². The summed E-state index contributed by atoms with van der Waals surface area (Å²) in [7, 11) is 0. The lowest BCUT2D eigenvalue weighted by atomic mass is 10.1. The molecule has 1 saturated carbocycles. The van der Waals surface area contributed by atoms with Crippen molar-refractivity contribution >= 4 is 0 Å². The molecular weight excluding hydrogens is 200 g/mol. The molecule has 1 aliphatic heterocycles. The molecule has 16 heavy (non-hydrogen) atoms. The van der Waals surface area contributed by atoms with E-state index in [1.807, 2.05) is 0 Å². The molecule has 0 atom stereocenters. The molecule has 3 nitrogen and oxygen atoms in total. The van der Waals surface area contributed by atoms with E-state index in [0.29, 0.717) is 6.10 Å². The van der Waals surface area contributed by atoms with E-state index in [9.17, 15) is 0 Å². The van der Waals surface area contributed by atoms with Gasteiger partial charge in [-0.1, -0.05) is 25.7 Å². The first-order valence-electron chi connectivity index (χ1n) is 7.00. The predicted molar refractivity (Wildman–Crippen MR) is 66.8 cm³/mol. The average Bonchev–Trinajstić information content (AvgIpc) is 2.59. The third kappa shape index (κ3) is 4.40. The van der Waals surface area contributed by atoms with E-state index in [1.54, 1.807) is 0 Å². The minimum Gasteiger partial charge on any atom is -0.377 e. The second-order valence-electron chi connectivity index (χ2n) is 5.08. The largest absolute Gasteiger partial charge is 0.377 e. The maximum absolute atomic E-state index is 6.00. The normalized spacial score (nSPS) is 25.5. The van der Waals surface area contributed by atoms with Gasteiger partial charge in [0.2, 0.25) is 0 Å². The number of hydrogen-bond acceptors (Lipinski definition) is 3. The van der Waals surface area contributed by atoms with Crippen molar-refractivity contribution in [1.29, 1.82) is 0 Å². The van der Waals surface area contributed by atoms with Crippen LogP contribution in [0.1, 0.15) is 38.5 Å². The number of rotatable bonds is 4. The van der Waals surface area contributed by atoms with Gasteiger partial charge in [-0.25, -0.2) is 0 Å². The third-order valence-corrected chi connectivity index (χ3v) is 3.77. The SMILES string of the molecule is C1CCCC(OCCN2CCNCC2)CC1. The van der Waals surface area contributed by atoms with Crippen molar-refractivity contribution < 1.29 is 4.74 Å². The fraction of sp³-hybridized carbons (Fsp3) is 1.00. The summed E-state index contributed by atoms with van der Waals surface area (Å²) >= 11 is 0. The van der Waals surface area contributed by atoms with Crippen LogP contribution in [0, 0.1) is 0 Å². The van der Waals surface area contributed by atoms with Crippen molar-refractivity contribution in [3.05, 3.63) is 0 Å². The van der Waals surface area contributed by atoms with Crippen LogP contribution in [0.15, 0.2) is 0 Å². The van der Waals surface area contributed by atoms with Gasteiger partial charge in [0.1, 0.15) is 0 Å². The minimum absolute atomic E-state index is 0.561. The zero-order valence-electron chi connectivity index (χ0n) is 10.4. The van der Waals surface area contributed by atoms with Crippen LogP contribution in [-0.2, 0) is 4.74 Å². The second kappa shape index (κ2) is 7.25. The highest BCUT2D eigenvalue weighted by Crippen LogP contribution is 2.19. The minimum atomic E-state index is 0.561. The number of piperazine rings is 1. The Hall–Kier alpha value is -0.120. The summed E-state index contributed by atoms with van der Waals surface area (Å²) in [5, 5.41) is 3.38. The van der Waals surface area contributed by atoms with Gasteiger partial charge in [-0.15, -0.1) is 0 Å². The van der Waals surface area contributed by atoms with Gasteiger partial charge in [-0.05, 0) is 12.8 Å². The van der Waals surface area contributed by atoms with Gasteiger partial charge in [-0.2, -0.15) is 0 Å². The first-order valence-corrected chi connectivity index (χ1v) is 7.00. The summed E-state index contributed by atoms with van der Waals surface area (Å²) in [4.78, 5) is 2.51. The molecule has 94 valence electrons. The summed E-state index contributed by atoms with van der Waals surface area (Å²) in [6, 6.07) is 0. The molecule has 0 amide bonds. The molecule has 3 heteroatoms. The number of ether oxygens (including phenoxy) is 1. The van der Waals surface area contributed by atoms with Gasteiger partial charge < -0.3 is 10.1 Å². The highest BCUT2D eigenvalue weighted by atomic mass is 16.5. The summed E-state index contributed by atoms with van der Waals surface area (Å²) in [5.74, 6) is 0. The van der Waals surface area contributed by atoms with Crippen LogP contribution in [0.2, 0.25) is 0 Å². The van der Waals surface area contributed by atoms with Crippen LogP contribution in [0.4, 0.5) is 0 Å². The van der Waals surface area contributed by atoms with E-state index in [0.717, 1.165) is 26.2 Å². The highest BCUT2D eigenvalue weighted by Gasteiger charge is 2.13. The Morgan fingerprint density at radius 3 is 2.38 bits per heavy atom. The Bertz CT molecular complexity index is 173. The molecule has 0 unspecified atom stereocenters. The van der Waals surface area contributed by atoms with E-state index in [-0.39, 0.29) is 0 Å². The van der Waals surface area contributed by atoms with Gasteiger partial charge in [0.25, 0.3) is 0 Å². The Morgan fingerprint density at radius 1 is 1.00 bits per heavy atom. The summed E-state index contributed by atoms with van der Waals surface area (Å²) in [5.41, 5.74) is 0. The van der Waals surface area contributed by atoms with Gasteiger partial charge in [-0.3, -0.25) is 4.90 Å². The molecule has 0 aromatic rings. The van der Waals surface area contributed by atoms with Crippen molar-refractivity contribution in [1.82, 2.24) is 10.2 Å². The lowest BCUT2D eigenvalue weighted by Crippen LogP contribution is -2.44. The number of hydrogen-bond donors (Lipinski definition) is 1. The summed E-state index contributed by atoms with van der Waals surface area (Å²) < 4.78 is 6.00. The Labute approximate surface area is 99.5 Å². The quantitative estimate of drug-likeness (QED) is 0.737. The topological polar surface area (TPSA) is 24.5 Å². The maximum atomic E-state index is 6.00. The zero-order valence-corrected chi connectivity index (χ0v) is 10.4. The second-order valence-corrected chi connectivity index (χ2v) is 5.08. The smallest absolute Gasteiger partial charge is 0.0597 e. The molecule has 0 aromatic heterocycles. The van der Waals surface area contributed by atoms with Gasteiger partial charge in [0, 0.05) is 32.7 Å². The average molecular weight is 226 g/mol. The third-order valence-electron chi connectivity index (χ3n) is 3.77. The van der Waals surface area contributed by atoms with E-state index < -0.39 is 0 Å². The number of nitrogens with zero attached hydrogens (tertiary/aromatic N) is 1. The highest BCUT2D eigenvalue weighted by molar-refractivity contribution is 4.68. The number of nitrogens with one attached hydrogen (secondary N) is 1. The maximum Gasteiger partial charge on any atom is 0.0597 e. The standard InChI is InChI=1S/C13H26N2O/c1-2-4-6-13(5-3-1)16-12-11-15-9-7-14-8-10-15/h13-14H,1-12H2. The van der Waals surface area contributed by atoms with Crippen molar-refractivity contribution in [2.75, 3.05) is 39.3 Å². The first-order chi connectivity index (χ1) is 7.95. The summed E-state index contributed by atoms with van der Waals surface area (Å²) in [6.07, 6.45) is 8.72. The van der Waals surface area contributed by atoms with Crippen LogP contribution in [0.5, 0.6) is 0 Å². The van der Waals surface area contributed by atoms with Crippen LogP contribution < -0.4 is 5.32 Å². The van der Waals surface area contributed by atoms with Crippen LogP contribution >= 0.6 is 0 Å². The molecule has 2 fully saturated rings. The van der Waals surface area contributed by atoms with Crippen LogP contribution in [-0.4, -0.2) is 50.3 Å². The van der Waals surface area contributed by atoms with E-state index in [4.69, 9.17) is 4.74 Å². The molecule has 1 aliphatic carbocycles.